The summed E-state index contributed by atoms with van der Waals surface area (Å²) in [6.45, 7) is 2.24. The third-order valence-corrected chi connectivity index (χ3v) is 5.52. The van der Waals surface area contributed by atoms with E-state index in [-0.39, 0.29) is 17.7 Å². The van der Waals surface area contributed by atoms with Gasteiger partial charge in [-0.1, -0.05) is 23.7 Å². The number of thioether (sulfide) groups is 1. The molecule has 0 unspecified atom stereocenters. The average Bonchev–Trinajstić information content (AvgIpc) is 2.89. The number of aryl methyl sites for hydroxylation is 1. The summed E-state index contributed by atoms with van der Waals surface area (Å²) >= 11 is 7.38. The molecule has 0 bridgehead atoms. The number of benzene rings is 2. The van der Waals surface area contributed by atoms with Crippen molar-refractivity contribution in [1.29, 1.82) is 0 Å². The van der Waals surface area contributed by atoms with Crippen LogP contribution in [0.3, 0.4) is 0 Å². The van der Waals surface area contributed by atoms with Crippen molar-refractivity contribution >= 4 is 46.8 Å². The lowest BCUT2D eigenvalue weighted by molar-refractivity contribution is -0.113. The molecule has 0 atom stereocenters. The van der Waals surface area contributed by atoms with Crippen molar-refractivity contribution in [2.24, 2.45) is 0 Å². The Balaban J connectivity index is 1.40. The van der Waals surface area contributed by atoms with Gasteiger partial charge < -0.3 is 5.32 Å². The molecule has 3 amide bonds. The Bertz CT molecular complexity index is 866. The van der Waals surface area contributed by atoms with Crippen molar-refractivity contribution in [2.75, 3.05) is 23.4 Å². The molecule has 1 aliphatic rings. The summed E-state index contributed by atoms with van der Waals surface area (Å²) in [5.74, 6) is 0.421. The molecule has 1 aliphatic heterocycles. The standard InChI is InChI=1S/C20H19ClN2O3S/c1-13-11-14(21)7-8-17(13)22-18(24)12-27-10-4-9-23-19(25)15-5-2-3-6-16(15)20(23)26/h2-3,5-8,11H,4,9-10,12H2,1H3,(H,22,24). The zero-order valence-electron chi connectivity index (χ0n) is 14.8. The van der Waals surface area contributed by atoms with Crippen LogP contribution in [0, 0.1) is 6.92 Å². The second kappa shape index (κ2) is 8.59. The molecule has 0 aromatic heterocycles. The summed E-state index contributed by atoms with van der Waals surface area (Å²) in [5.41, 5.74) is 2.59. The fourth-order valence-electron chi connectivity index (χ4n) is 2.89. The third-order valence-electron chi connectivity index (χ3n) is 4.24. The molecule has 1 N–H and O–H groups in total. The monoisotopic (exact) mass is 402 g/mol. The molecule has 7 heteroatoms. The number of fused-ring (bicyclic) bond motifs is 1. The smallest absolute Gasteiger partial charge is 0.261 e. The van der Waals surface area contributed by atoms with Gasteiger partial charge in [-0.25, -0.2) is 0 Å². The minimum Gasteiger partial charge on any atom is -0.325 e. The molecule has 5 nitrogen and oxygen atoms in total. The van der Waals surface area contributed by atoms with Gasteiger partial charge >= 0.3 is 0 Å². The van der Waals surface area contributed by atoms with E-state index in [1.165, 1.54) is 16.7 Å². The van der Waals surface area contributed by atoms with Crippen LogP contribution in [0.15, 0.2) is 42.5 Å². The molecule has 1 heterocycles. The number of amides is 3. The molecular formula is C20H19ClN2O3S. The van der Waals surface area contributed by atoms with Crippen LogP contribution in [0.4, 0.5) is 5.69 Å². The van der Waals surface area contributed by atoms with Crippen LogP contribution >= 0.6 is 23.4 Å². The van der Waals surface area contributed by atoms with Gasteiger partial charge in [0.25, 0.3) is 11.8 Å². The molecule has 0 saturated heterocycles. The molecule has 2 aromatic carbocycles. The predicted molar refractivity (Wildman–Crippen MR) is 109 cm³/mol. The summed E-state index contributed by atoms with van der Waals surface area (Å²) in [7, 11) is 0. The first-order valence-corrected chi connectivity index (χ1v) is 10.1. The van der Waals surface area contributed by atoms with Crippen molar-refractivity contribution in [3.05, 3.63) is 64.2 Å². The number of nitrogens with one attached hydrogen (secondary N) is 1. The van der Waals surface area contributed by atoms with E-state index < -0.39 is 0 Å². The number of halogens is 1. The van der Waals surface area contributed by atoms with Crippen LogP contribution in [0.2, 0.25) is 5.02 Å². The Morgan fingerprint density at radius 3 is 2.41 bits per heavy atom. The van der Waals surface area contributed by atoms with Gasteiger partial charge in [-0.3, -0.25) is 19.3 Å². The van der Waals surface area contributed by atoms with Gasteiger partial charge in [0.15, 0.2) is 0 Å². The van der Waals surface area contributed by atoms with E-state index in [2.05, 4.69) is 5.32 Å². The molecule has 0 fully saturated rings. The van der Waals surface area contributed by atoms with Crippen LogP contribution in [0.5, 0.6) is 0 Å². The maximum absolute atomic E-state index is 12.3. The highest BCUT2D eigenvalue weighted by molar-refractivity contribution is 7.99. The zero-order chi connectivity index (χ0) is 19.4. The number of nitrogens with zero attached hydrogens (tertiary/aromatic N) is 1. The highest BCUT2D eigenvalue weighted by atomic mass is 35.5. The number of rotatable bonds is 7. The summed E-state index contributed by atoms with van der Waals surface area (Å²) in [6, 6.07) is 12.2. The number of anilines is 1. The van der Waals surface area contributed by atoms with Crippen LogP contribution in [0.1, 0.15) is 32.7 Å². The van der Waals surface area contributed by atoms with Gasteiger partial charge in [-0.15, -0.1) is 0 Å². The molecule has 3 rings (SSSR count). The van der Waals surface area contributed by atoms with E-state index in [9.17, 15) is 14.4 Å². The van der Waals surface area contributed by atoms with Gasteiger partial charge in [0, 0.05) is 17.3 Å². The second-order valence-electron chi connectivity index (χ2n) is 6.22. The number of hydrogen-bond donors (Lipinski definition) is 1. The van der Waals surface area contributed by atoms with Crippen molar-refractivity contribution in [2.45, 2.75) is 13.3 Å². The number of carbonyl (C=O) groups is 3. The summed E-state index contributed by atoms with van der Waals surface area (Å²) in [5, 5.41) is 3.49. The highest BCUT2D eigenvalue weighted by Crippen LogP contribution is 2.23. The lowest BCUT2D eigenvalue weighted by Gasteiger charge is -2.13. The van der Waals surface area contributed by atoms with Crippen molar-refractivity contribution < 1.29 is 14.4 Å². The summed E-state index contributed by atoms with van der Waals surface area (Å²) in [4.78, 5) is 37.8. The van der Waals surface area contributed by atoms with Gasteiger partial charge in [-0.2, -0.15) is 11.8 Å². The van der Waals surface area contributed by atoms with E-state index in [0.29, 0.717) is 40.6 Å². The van der Waals surface area contributed by atoms with Gasteiger partial charge in [-0.05, 0) is 55.0 Å². The maximum Gasteiger partial charge on any atom is 0.261 e. The van der Waals surface area contributed by atoms with Crippen molar-refractivity contribution in [1.82, 2.24) is 4.90 Å². The van der Waals surface area contributed by atoms with E-state index in [0.717, 1.165) is 11.3 Å². The molecular weight excluding hydrogens is 384 g/mol. The SMILES string of the molecule is Cc1cc(Cl)ccc1NC(=O)CSCCCN1C(=O)c2ccccc2C1=O. The molecule has 0 saturated carbocycles. The maximum atomic E-state index is 12.3. The summed E-state index contributed by atoms with van der Waals surface area (Å²) < 4.78 is 0. The van der Waals surface area contributed by atoms with Gasteiger partial charge in [0.1, 0.15) is 0 Å². The van der Waals surface area contributed by atoms with Crippen LogP contribution in [0.25, 0.3) is 0 Å². The largest absolute Gasteiger partial charge is 0.325 e. The van der Waals surface area contributed by atoms with Gasteiger partial charge in [0.2, 0.25) is 5.91 Å². The third kappa shape index (κ3) is 4.51. The van der Waals surface area contributed by atoms with E-state index >= 15 is 0 Å². The first kappa shape index (κ1) is 19.5. The average molecular weight is 403 g/mol. The minimum absolute atomic E-state index is 0.0915. The van der Waals surface area contributed by atoms with Crippen LogP contribution in [-0.4, -0.2) is 40.7 Å². The Morgan fingerprint density at radius 1 is 1.11 bits per heavy atom. The molecule has 27 heavy (non-hydrogen) atoms. The molecule has 2 aromatic rings. The quantitative estimate of drug-likeness (QED) is 0.561. The summed E-state index contributed by atoms with van der Waals surface area (Å²) in [6.07, 6.45) is 0.642. The van der Waals surface area contributed by atoms with Crippen molar-refractivity contribution in [3.63, 3.8) is 0 Å². The molecule has 0 radical (unpaired) electrons. The minimum atomic E-state index is -0.239. The number of carbonyl (C=O) groups excluding carboxylic acids is 3. The fourth-order valence-corrected chi connectivity index (χ4v) is 3.85. The van der Waals surface area contributed by atoms with E-state index in [1.807, 2.05) is 6.92 Å². The normalized spacial score (nSPS) is 13.0. The van der Waals surface area contributed by atoms with Crippen LogP contribution < -0.4 is 5.32 Å². The molecule has 0 aliphatic carbocycles. The molecule has 0 spiro atoms. The second-order valence-corrected chi connectivity index (χ2v) is 7.76. The van der Waals surface area contributed by atoms with Crippen molar-refractivity contribution in [3.8, 4) is 0 Å². The Labute approximate surface area is 167 Å². The number of hydrogen-bond acceptors (Lipinski definition) is 4. The predicted octanol–water partition coefficient (Wildman–Crippen LogP) is 4.01. The first-order valence-electron chi connectivity index (χ1n) is 8.56. The van der Waals surface area contributed by atoms with Gasteiger partial charge in [0.05, 0.1) is 16.9 Å². The number of imide groups is 1. The molecule has 140 valence electrons. The Hall–Kier alpha value is -2.31. The van der Waals surface area contributed by atoms with Crippen LogP contribution in [-0.2, 0) is 4.79 Å². The zero-order valence-corrected chi connectivity index (χ0v) is 16.4. The Kier molecular flexibility index (Phi) is 6.19. The van der Waals surface area contributed by atoms with E-state index in [1.54, 1.807) is 42.5 Å². The fraction of sp³-hybridized carbons (Fsp3) is 0.250. The Morgan fingerprint density at radius 2 is 1.78 bits per heavy atom. The topological polar surface area (TPSA) is 66.5 Å². The lowest BCUT2D eigenvalue weighted by Crippen LogP contribution is -2.31. The highest BCUT2D eigenvalue weighted by Gasteiger charge is 2.34. The van der Waals surface area contributed by atoms with E-state index in [4.69, 9.17) is 11.6 Å². The first-order chi connectivity index (χ1) is 13.0. The lowest BCUT2D eigenvalue weighted by atomic mass is 10.1.